The van der Waals surface area contributed by atoms with Crippen molar-refractivity contribution < 1.29 is 33.8 Å². The lowest BCUT2D eigenvalue weighted by Crippen LogP contribution is -2.53. The van der Waals surface area contributed by atoms with Crippen LogP contribution in [-0.2, 0) is 24.6 Å². The maximum absolute atomic E-state index is 15.4. The van der Waals surface area contributed by atoms with Gasteiger partial charge in [0.1, 0.15) is 11.5 Å². The number of allylic oxidation sites excluding steroid dienone is 2. The molecule has 6 atom stereocenters. The van der Waals surface area contributed by atoms with E-state index in [-0.39, 0.29) is 41.0 Å². The summed E-state index contributed by atoms with van der Waals surface area (Å²) in [4.78, 5) is 73.7. The van der Waals surface area contributed by atoms with E-state index in [9.17, 15) is 24.3 Å². The molecule has 9 rings (SSSR count). The Balaban J connectivity index is 1.16. The average molecular weight is 813 g/mol. The Labute approximate surface area is 343 Å². The van der Waals surface area contributed by atoms with Gasteiger partial charge >= 0.3 is 0 Å². The van der Waals surface area contributed by atoms with Crippen molar-refractivity contribution in [2.24, 2.45) is 23.7 Å². The number of rotatable bonds is 8. The van der Waals surface area contributed by atoms with Crippen LogP contribution in [0.15, 0.2) is 133 Å². The maximum atomic E-state index is 15.4. The van der Waals surface area contributed by atoms with E-state index in [1.165, 1.54) is 24.1 Å². The van der Waals surface area contributed by atoms with E-state index in [1.54, 1.807) is 103 Å². The molecule has 2 aliphatic carbocycles. The molecule has 5 aromatic carbocycles. The number of ketones is 1. The number of nitrogens with one attached hydrogen (secondary N) is 1. The van der Waals surface area contributed by atoms with Crippen LogP contribution in [0.1, 0.15) is 45.8 Å². The number of phenolic OH excluding ortho intramolecular Hbond substituents is 1. The molecule has 2 saturated heterocycles. The number of aromatic hydroxyl groups is 1. The van der Waals surface area contributed by atoms with Crippen LogP contribution in [-0.4, -0.2) is 46.6 Å². The summed E-state index contributed by atoms with van der Waals surface area (Å²) in [6.07, 6.45) is 2.17. The molecule has 2 N–H and O–H groups in total. The van der Waals surface area contributed by atoms with Crippen LogP contribution in [0.3, 0.4) is 0 Å². The van der Waals surface area contributed by atoms with Crippen molar-refractivity contribution in [1.29, 1.82) is 0 Å². The summed E-state index contributed by atoms with van der Waals surface area (Å²) in [5.41, 5.74) is 4.49. The summed E-state index contributed by atoms with van der Waals surface area (Å²) in [7, 11) is 1.53. The number of imide groups is 2. The molecule has 12 heteroatoms. The number of methoxy groups -OCH3 is 1. The van der Waals surface area contributed by atoms with Gasteiger partial charge < -0.3 is 9.84 Å². The second-order valence-electron chi connectivity index (χ2n) is 15.0. The van der Waals surface area contributed by atoms with Crippen LogP contribution in [0.4, 0.5) is 11.4 Å². The van der Waals surface area contributed by atoms with Crippen LogP contribution in [0, 0.1) is 23.7 Å². The van der Waals surface area contributed by atoms with Crippen molar-refractivity contribution in [2.45, 2.75) is 24.2 Å². The fraction of sp³-hybridized carbons (Fsp3) is 0.196. The Hall–Kier alpha value is -6.23. The zero-order valence-electron chi connectivity index (χ0n) is 31.0. The lowest BCUT2D eigenvalue weighted by molar-refractivity contribution is -0.138. The number of hydrogen-bond acceptors (Lipinski definition) is 8. The molecule has 0 bridgehead atoms. The highest BCUT2D eigenvalue weighted by atomic mass is 35.5. The van der Waals surface area contributed by atoms with Gasteiger partial charge in [-0.05, 0) is 85.0 Å². The number of benzene rings is 5. The maximum Gasteiger partial charge on any atom is 0.260 e. The van der Waals surface area contributed by atoms with Gasteiger partial charge in [0.25, 0.3) is 11.8 Å². The molecule has 290 valence electrons. The topological polar surface area (TPSA) is 133 Å². The molecule has 58 heavy (non-hydrogen) atoms. The van der Waals surface area contributed by atoms with Gasteiger partial charge in [0, 0.05) is 27.6 Å². The third-order valence-electron chi connectivity index (χ3n) is 12.3. The van der Waals surface area contributed by atoms with E-state index in [0.717, 1.165) is 5.01 Å². The number of carbonyl (C=O) groups is 5. The molecule has 4 amide bonds. The number of nitrogens with zero attached hydrogens (tertiary/aromatic N) is 2. The summed E-state index contributed by atoms with van der Waals surface area (Å²) >= 11 is 12.7. The number of halogens is 2. The molecular weight excluding hydrogens is 777 g/mol. The first-order chi connectivity index (χ1) is 28.0. The summed E-state index contributed by atoms with van der Waals surface area (Å²) in [5.74, 6) is -5.93. The minimum absolute atomic E-state index is 0.0532. The third-order valence-corrected chi connectivity index (χ3v) is 12.8. The highest BCUT2D eigenvalue weighted by Crippen LogP contribution is 2.65. The molecule has 4 aliphatic rings. The molecule has 0 aromatic heterocycles. The number of phenols is 1. The minimum atomic E-state index is -1.62. The quantitative estimate of drug-likeness (QED) is 0.0913. The Morgan fingerprint density at radius 3 is 2.17 bits per heavy atom. The second-order valence-corrected chi connectivity index (χ2v) is 15.9. The largest absolute Gasteiger partial charge is 0.508 e. The average Bonchev–Trinajstić information content (AvgIpc) is 3.62. The van der Waals surface area contributed by atoms with Gasteiger partial charge in [0.15, 0.2) is 5.78 Å². The number of ether oxygens (including phenoxy) is 1. The Bertz CT molecular complexity index is 2560. The van der Waals surface area contributed by atoms with Crippen molar-refractivity contribution in [2.75, 3.05) is 17.4 Å². The number of para-hydroxylation sites is 1. The minimum Gasteiger partial charge on any atom is -0.508 e. The lowest BCUT2D eigenvalue weighted by atomic mass is 9.49. The smallest absolute Gasteiger partial charge is 0.260 e. The lowest BCUT2D eigenvalue weighted by Gasteiger charge is -2.50. The van der Waals surface area contributed by atoms with Gasteiger partial charge in [0.2, 0.25) is 11.8 Å². The fourth-order valence-corrected chi connectivity index (χ4v) is 10.1. The zero-order valence-corrected chi connectivity index (χ0v) is 32.5. The number of anilines is 2. The molecule has 5 aromatic rings. The molecule has 0 radical (unpaired) electrons. The highest BCUT2D eigenvalue weighted by molar-refractivity contribution is 6.36. The Morgan fingerprint density at radius 1 is 0.793 bits per heavy atom. The van der Waals surface area contributed by atoms with Gasteiger partial charge in [-0.25, -0.2) is 0 Å². The van der Waals surface area contributed by atoms with E-state index < -0.39 is 52.7 Å². The Kier molecular flexibility index (Phi) is 9.21. The van der Waals surface area contributed by atoms with Crippen LogP contribution in [0.2, 0.25) is 10.0 Å². The molecule has 2 heterocycles. The number of amides is 4. The summed E-state index contributed by atoms with van der Waals surface area (Å²) in [5, 5.41) is 13.1. The van der Waals surface area contributed by atoms with Crippen molar-refractivity contribution in [3.05, 3.63) is 165 Å². The van der Waals surface area contributed by atoms with Gasteiger partial charge in [-0.15, -0.1) is 0 Å². The van der Waals surface area contributed by atoms with E-state index >= 15 is 4.79 Å². The number of carbonyl (C=O) groups excluding carboxylic acids is 5. The van der Waals surface area contributed by atoms with Crippen LogP contribution < -0.4 is 15.1 Å². The van der Waals surface area contributed by atoms with Crippen molar-refractivity contribution in [3.8, 4) is 11.5 Å². The first-order valence-corrected chi connectivity index (χ1v) is 19.6. The monoisotopic (exact) mass is 811 g/mol. The molecule has 0 spiro atoms. The molecular formula is C46H35Cl2N3O7. The fourth-order valence-electron chi connectivity index (χ4n) is 9.69. The first-order valence-electron chi connectivity index (χ1n) is 18.8. The molecule has 10 nitrogen and oxygen atoms in total. The molecule has 3 fully saturated rings. The third kappa shape index (κ3) is 5.65. The van der Waals surface area contributed by atoms with Gasteiger partial charge in [-0.2, -0.15) is 5.01 Å². The number of hydrazine groups is 1. The van der Waals surface area contributed by atoms with E-state index in [2.05, 4.69) is 5.43 Å². The van der Waals surface area contributed by atoms with Gasteiger partial charge in [-0.1, -0.05) is 95.5 Å². The Morgan fingerprint density at radius 2 is 1.48 bits per heavy atom. The first kappa shape index (κ1) is 37.4. The van der Waals surface area contributed by atoms with Crippen LogP contribution >= 0.6 is 23.2 Å². The highest BCUT2D eigenvalue weighted by Gasteiger charge is 2.70. The van der Waals surface area contributed by atoms with Crippen LogP contribution in [0.5, 0.6) is 11.5 Å². The number of hydrogen-bond donors (Lipinski definition) is 2. The van der Waals surface area contributed by atoms with E-state index in [1.807, 2.05) is 12.1 Å². The standard InChI is InChI=1S/C46H35Cl2N3O7/c1-58-30-18-13-27(14-19-30)46-35(43(55)51(45(46)57)49-37-22-15-28(47)23-36(37)48)24-34-31(40(46)32-9-5-6-10-38(32)52)20-21-33-39(34)44(56)50(42(33)54)29-16-11-26(12-17-29)41(53)25-7-3-2-4-8-25/h2-20,22-23,33-35,39-40,49,52H,21,24H2,1H3/t33-,34+,35-,39-,40+,46+/m0/s1. The summed E-state index contributed by atoms with van der Waals surface area (Å²) in [6.45, 7) is 0. The summed E-state index contributed by atoms with van der Waals surface area (Å²) < 4.78 is 5.46. The second kappa shape index (κ2) is 14.3. The molecule has 0 unspecified atom stereocenters. The van der Waals surface area contributed by atoms with Gasteiger partial charge in [0.05, 0.1) is 46.7 Å². The van der Waals surface area contributed by atoms with Gasteiger partial charge in [-0.3, -0.25) is 34.3 Å². The van der Waals surface area contributed by atoms with E-state index in [4.69, 9.17) is 27.9 Å². The van der Waals surface area contributed by atoms with Crippen LogP contribution in [0.25, 0.3) is 0 Å². The predicted octanol–water partition coefficient (Wildman–Crippen LogP) is 8.13. The normalized spacial score (nSPS) is 24.9. The molecule has 1 saturated carbocycles. The molecule has 2 aliphatic heterocycles. The summed E-state index contributed by atoms with van der Waals surface area (Å²) in [6, 6.07) is 33.5. The predicted molar refractivity (Wildman–Crippen MR) is 218 cm³/mol. The van der Waals surface area contributed by atoms with Crippen molar-refractivity contribution in [3.63, 3.8) is 0 Å². The number of fused-ring (bicyclic) bond motifs is 4. The van der Waals surface area contributed by atoms with Crippen molar-refractivity contribution >= 4 is 64.0 Å². The van der Waals surface area contributed by atoms with E-state index in [0.29, 0.717) is 44.3 Å². The van der Waals surface area contributed by atoms with Crippen molar-refractivity contribution in [1.82, 2.24) is 5.01 Å². The SMILES string of the molecule is COc1ccc([C@@]23C(=O)N(Nc4ccc(Cl)cc4Cl)C(=O)[C@@H]2C[C@@H]2C(=CC[C@@H]4C(=O)N(c5ccc(C(=O)c6ccccc6)cc5)C(=O)[C@@H]42)[C@@H]3c2ccccc2O)cc1. The zero-order chi connectivity index (χ0) is 40.5.